The largest absolute Gasteiger partial charge is 0.395 e. The molecule has 0 atom stereocenters. The third kappa shape index (κ3) is 4.18. The van der Waals surface area contributed by atoms with Crippen molar-refractivity contribution in [3.63, 3.8) is 0 Å². The minimum atomic E-state index is 0.180. The van der Waals surface area contributed by atoms with Crippen LogP contribution in [0, 0.1) is 0 Å². The summed E-state index contributed by atoms with van der Waals surface area (Å²) in [4.78, 5) is 11.2. The highest BCUT2D eigenvalue weighted by molar-refractivity contribution is 7.22. The fourth-order valence-corrected chi connectivity index (χ4v) is 4.90. The van der Waals surface area contributed by atoms with Crippen LogP contribution in [0.4, 0.5) is 11.5 Å². The number of aliphatic hydroxyl groups excluding tert-OH is 1. The Balaban J connectivity index is 1.41. The summed E-state index contributed by atoms with van der Waals surface area (Å²) in [6, 6.07) is 21.3. The van der Waals surface area contributed by atoms with Gasteiger partial charge in [-0.05, 0) is 60.0 Å². The summed E-state index contributed by atoms with van der Waals surface area (Å²) >= 11 is 1.75. The van der Waals surface area contributed by atoms with Crippen molar-refractivity contribution in [1.29, 1.82) is 0 Å². The number of thiophene rings is 1. The molecule has 0 aliphatic rings. The molecule has 31 heavy (non-hydrogen) atoms. The van der Waals surface area contributed by atoms with Gasteiger partial charge in [-0.2, -0.15) is 0 Å². The topological polar surface area (TPSA) is 64.2 Å². The van der Waals surface area contributed by atoms with Crippen LogP contribution in [0.1, 0.15) is 5.56 Å². The van der Waals surface area contributed by atoms with Gasteiger partial charge in [0.05, 0.1) is 11.3 Å². The van der Waals surface area contributed by atoms with E-state index in [1.165, 1.54) is 26.8 Å². The molecule has 3 N–H and O–H groups in total. The van der Waals surface area contributed by atoms with Gasteiger partial charge in [-0.1, -0.05) is 24.3 Å². The molecule has 2 aromatic carbocycles. The third-order valence-corrected chi connectivity index (χ3v) is 6.63. The zero-order valence-electron chi connectivity index (χ0n) is 17.3. The first-order valence-electron chi connectivity index (χ1n) is 10.3. The lowest BCUT2D eigenvalue weighted by Gasteiger charge is -2.15. The average molecular weight is 429 g/mol. The van der Waals surface area contributed by atoms with Crippen molar-refractivity contribution in [3.8, 4) is 10.4 Å². The second-order valence-electron chi connectivity index (χ2n) is 7.75. The highest BCUT2D eigenvalue weighted by atomic mass is 32.1. The summed E-state index contributed by atoms with van der Waals surface area (Å²) in [5.74, 6) is 0.880. The molecule has 0 aliphatic carbocycles. The van der Waals surface area contributed by atoms with Crippen LogP contribution in [-0.2, 0) is 6.54 Å². The number of likely N-dealkylation sites (N-methyl/N-ethyl adjacent to an activating group) is 1. The maximum absolute atomic E-state index is 9.08. The normalized spacial score (nSPS) is 11.6. The van der Waals surface area contributed by atoms with Crippen molar-refractivity contribution in [2.45, 2.75) is 6.54 Å². The fraction of sp³-hybridized carbons (Fsp3) is 0.160. The first-order valence-corrected chi connectivity index (χ1v) is 11.1. The second-order valence-corrected chi connectivity index (χ2v) is 8.80. The van der Waals surface area contributed by atoms with Crippen molar-refractivity contribution in [1.82, 2.24) is 14.9 Å². The van der Waals surface area contributed by atoms with Crippen LogP contribution in [0.5, 0.6) is 0 Å². The Hall–Kier alpha value is -3.19. The first kappa shape index (κ1) is 19.8. The van der Waals surface area contributed by atoms with Crippen LogP contribution in [0.25, 0.3) is 31.4 Å². The van der Waals surface area contributed by atoms with Gasteiger partial charge in [0.15, 0.2) is 0 Å². The van der Waals surface area contributed by atoms with Gasteiger partial charge in [-0.25, -0.2) is 4.98 Å². The highest BCUT2D eigenvalue weighted by Crippen LogP contribution is 2.37. The fourth-order valence-electron chi connectivity index (χ4n) is 3.80. The molecular formula is C25H24N4OS. The van der Waals surface area contributed by atoms with Crippen molar-refractivity contribution < 1.29 is 5.11 Å². The molecule has 5 nitrogen and oxygen atoms in total. The molecule has 156 valence electrons. The van der Waals surface area contributed by atoms with Crippen LogP contribution in [0.15, 0.2) is 73.1 Å². The van der Waals surface area contributed by atoms with Gasteiger partial charge in [-0.15, -0.1) is 11.3 Å². The number of H-pyrrole nitrogens is 1. The van der Waals surface area contributed by atoms with Crippen LogP contribution >= 0.6 is 11.3 Å². The number of aromatic amines is 1. The van der Waals surface area contributed by atoms with Gasteiger partial charge < -0.3 is 15.4 Å². The van der Waals surface area contributed by atoms with E-state index < -0.39 is 0 Å². The lowest BCUT2D eigenvalue weighted by atomic mass is 10.1. The van der Waals surface area contributed by atoms with Crippen molar-refractivity contribution >= 4 is 43.8 Å². The van der Waals surface area contributed by atoms with Crippen LogP contribution in [0.3, 0.4) is 0 Å². The molecule has 0 fully saturated rings. The van der Waals surface area contributed by atoms with Crippen LogP contribution in [0.2, 0.25) is 0 Å². The molecule has 6 heteroatoms. The van der Waals surface area contributed by atoms with E-state index in [9.17, 15) is 0 Å². The van der Waals surface area contributed by atoms with Gasteiger partial charge in [0.2, 0.25) is 0 Å². The summed E-state index contributed by atoms with van der Waals surface area (Å²) in [5.41, 5.74) is 4.60. The van der Waals surface area contributed by atoms with Gasteiger partial charge in [0, 0.05) is 47.0 Å². The van der Waals surface area contributed by atoms with E-state index in [0.717, 1.165) is 28.3 Å². The van der Waals surface area contributed by atoms with Gasteiger partial charge in [0.25, 0.3) is 0 Å². The SMILES string of the molecule is CN(CCO)Cc1ccc(-c2cc3ccnc(Nc4ccc5[nH]ccc5c4)c3s2)cc1. The lowest BCUT2D eigenvalue weighted by Crippen LogP contribution is -2.21. The Morgan fingerprint density at radius 2 is 1.90 bits per heavy atom. The molecule has 0 amide bonds. The Bertz CT molecular complexity index is 1320. The second kappa shape index (κ2) is 8.51. The number of fused-ring (bicyclic) bond motifs is 2. The maximum atomic E-state index is 9.08. The van der Waals surface area contributed by atoms with Crippen LogP contribution in [-0.4, -0.2) is 40.2 Å². The van der Waals surface area contributed by atoms with Crippen molar-refractivity contribution in [3.05, 3.63) is 78.6 Å². The molecule has 5 rings (SSSR count). The average Bonchev–Trinajstić information content (AvgIpc) is 3.41. The van der Waals surface area contributed by atoms with E-state index in [1.807, 2.05) is 19.4 Å². The zero-order chi connectivity index (χ0) is 21.2. The maximum Gasteiger partial charge on any atom is 0.148 e. The van der Waals surface area contributed by atoms with E-state index in [1.54, 1.807) is 11.3 Å². The number of hydrogen-bond donors (Lipinski definition) is 3. The lowest BCUT2D eigenvalue weighted by molar-refractivity contribution is 0.217. The number of anilines is 2. The zero-order valence-corrected chi connectivity index (χ0v) is 18.1. The number of aliphatic hydroxyl groups is 1. The minimum absolute atomic E-state index is 0.180. The molecule has 0 spiro atoms. The molecule has 0 radical (unpaired) electrons. The predicted octanol–water partition coefficient (Wildman–Crippen LogP) is 5.61. The number of pyridine rings is 1. The number of hydrogen-bond acceptors (Lipinski definition) is 5. The monoisotopic (exact) mass is 428 g/mol. The summed E-state index contributed by atoms with van der Waals surface area (Å²) in [6.45, 7) is 1.69. The quantitative estimate of drug-likeness (QED) is 0.315. The Labute approximate surface area is 185 Å². The molecule has 5 aromatic rings. The number of nitrogens with zero attached hydrogens (tertiary/aromatic N) is 2. The van der Waals surface area contributed by atoms with Crippen molar-refractivity contribution in [2.75, 3.05) is 25.5 Å². The third-order valence-electron chi connectivity index (χ3n) is 5.42. The smallest absolute Gasteiger partial charge is 0.148 e. The summed E-state index contributed by atoms with van der Waals surface area (Å²) in [5, 5.41) is 14.9. The van der Waals surface area contributed by atoms with E-state index in [0.29, 0.717) is 6.54 Å². The van der Waals surface area contributed by atoms with Crippen LogP contribution < -0.4 is 5.32 Å². The Kier molecular flexibility index (Phi) is 5.42. The Morgan fingerprint density at radius 1 is 1.03 bits per heavy atom. The molecule has 0 saturated carbocycles. The first-order chi connectivity index (χ1) is 15.2. The molecule has 3 heterocycles. The van der Waals surface area contributed by atoms with E-state index in [4.69, 9.17) is 5.11 Å². The van der Waals surface area contributed by atoms with Crippen molar-refractivity contribution in [2.24, 2.45) is 0 Å². The summed E-state index contributed by atoms with van der Waals surface area (Å²) < 4.78 is 1.15. The van der Waals surface area contributed by atoms with Gasteiger partial charge >= 0.3 is 0 Å². The summed E-state index contributed by atoms with van der Waals surface area (Å²) in [7, 11) is 2.02. The summed E-state index contributed by atoms with van der Waals surface area (Å²) in [6.07, 6.45) is 3.81. The molecule has 0 unspecified atom stereocenters. The standard InChI is InChI=1S/C25H24N4OS/c1-29(12-13-30)16-17-2-4-18(5-3-17)23-15-20-9-11-27-25(24(20)31-23)28-21-6-7-22-19(14-21)8-10-26-22/h2-11,14-15,26,30H,12-13,16H2,1H3,(H,27,28). The highest BCUT2D eigenvalue weighted by Gasteiger charge is 2.10. The van der Waals surface area contributed by atoms with E-state index in [-0.39, 0.29) is 6.61 Å². The molecule has 3 aromatic heterocycles. The predicted molar refractivity (Wildman–Crippen MR) is 130 cm³/mol. The van der Waals surface area contributed by atoms with Gasteiger partial charge in [-0.3, -0.25) is 4.90 Å². The number of nitrogens with one attached hydrogen (secondary N) is 2. The number of benzene rings is 2. The van der Waals surface area contributed by atoms with E-state index in [2.05, 4.69) is 80.8 Å². The number of rotatable bonds is 7. The number of aromatic nitrogens is 2. The molecule has 0 bridgehead atoms. The molecule has 0 saturated heterocycles. The van der Waals surface area contributed by atoms with E-state index >= 15 is 0 Å². The van der Waals surface area contributed by atoms with Gasteiger partial charge in [0.1, 0.15) is 5.82 Å². The Morgan fingerprint density at radius 3 is 2.74 bits per heavy atom. The molecule has 0 aliphatic heterocycles. The minimum Gasteiger partial charge on any atom is -0.395 e. The molecular weight excluding hydrogens is 404 g/mol.